The van der Waals surface area contributed by atoms with E-state index in [2.05, 4.69) is 20.9 Å². The Morgan fingerprint density at radius 1 is 1.00 bits per heavy atom. The van der Waals surface area contributed by atoms with Gasteiger partial charge in [0.1, 0.15) is 5.70 Å². The highest BCUT2D eigenvalue weighted by Crippen LogP contribution is 2.13. The Labute approximate surface area is 199 Å². The molecule has 8 nitrogen and oxygen atoms in total. The van der Waals surface area contributed by atoms with Crippen molar-refractivity contribution >= 4 is 35.4 Å². The predicted molar refractivity (Wildman–Crippen MR) is 133 cm³/mol. The SMILES string of the molecule is Cc1[nH]n(-c2ccccc2)c(=O)c1/C=N/NC(=O)/C(=C\c1cccs1)NC(=O)c1ccccc1. The van der Waals surface area contributed by atoms with Crippen molar-refractivity contribution in [1.82, 2.24) is 20.5 Å². The lowest BCUT2D eigenvalue weighted by Gasteiger charge is -2.08. The number of benzene rings is 2. The van der Waals surface area contributed by atoms with Crippen LogP contribution < -0.4 is 16.3 Å². The van der Waals surface area contributed by atoms with Crippen LogP contribution >= 0.6 is 11.3 Å². The van der Waals surface area contributed by atoms with Gasteiger partial charge in [-0.3, -0.25) is 19.5 Å². The van der Waals surface area contributed by atoms with Crippen LogP contribution in [0.25, 0.3) is 11.8 Å². The zero-order valence-electron chi connectivity index (χ0n) is 18.2. The summed E-state index contributed by atoms with van der Waals surface area (Å²) in [5.41, 5.74) is 4.13. The highest BCUT2D eigenvalue weighted by atomic mass is 32.1. The van der Waals surface area contributed by atoms with E-state index in [1.807, 2.05) is 35.7 Å². The summed E-state index contributed by atoms with van der Waals surface area (Å²) in [6.07, 6.45) is 2.85. The van der Waals surface area contributed by atoms with Gasteiger partial charge in [0.2, 0.25) is 0 Å². The summed E-state index contributed by atoms with van der Waals surface area (Å²) in [5.74, 6) is -1.04. The van der Waals surface area contributed by atoms with Gasteiger partial charge in [-0.25, -0.2) is 10.1 Å². The molecule has 34 heavy (non-hydrogen) atoms. The highest BCUT2D eigenvalue weighted by molar-refractivity contribution is 7.10. The molecule has 4 rings (SSSR count). The first-order valence-electron chi connectivity index (χ1n) is 10.3. The highest BCUT2D eigenvalue weighted by Gasteiger charge is 2.15. The quantitative estimate of drug-likeness (QED) is 0.218. The van der Waals surface area contributed by atoms with Crippen LogP contribution in [0.15, 0.2) is 93.8 Å². The monoisotopic (exact) mass is 471 g/mol. The molecule has 2 amide bonds. The van der Waals surface area contributed by atoms with E-state index in [0.717, 1.165) is 4.88 Å². The van der Waals surface area contributed by atoms with E-state index in [-0.39, 0.29) is 11.3 Å². The van der Waals surface area contributed by atoms with E-state index in [4.69, 9.17) is 0 Å². The molecule has 9 heteroatoms. The van der Waals surface area contributed by atoms with Crippen molar-refractivity contribution in [2.45, 2.75) is 6.92 Å². The van der Waals surface area contributed by atoms with Gasteiger partial charge in [-0.1, -0.05) is 42.5 Å². The number of carbonyl (C=O) groups is 2. The van der Waals surface area contributed by atoms with E-state index in [1.165, 1.54) is 22.2 Å². The fourth-order valence-corrected chi connectivity index (χ4v) is 3.80. The molecule has 2 heterocycles. The minimum atomic E-state index is -0.620. The van der Waals surface area contributed by atoms with Gasteiger partial charge in [-0.2, -0.15) is 5.10 Å². The average Bonchev–Trinajstić information content (AvgIpc) is 3.47. The van der Waals surface area contributed by atoms with E-state index >= 15 is 0 Å². The topological polar surface area (TPSA) is 108 Å². The number of aromatic nitrogens is 2. The van der Waals surface area contributed by atoms with Crippen LogP contribution in [0.1, 0.15) is 26.5 Å². The number of hydrogen-bond donors (Lipinski definition) is 3. The first-order valence-corrected chi connectivity index (χ1v) is 11.2. The molecule has 2 aromatic heterocycles. The molecule has 0 saturated heterocycles. The van der Waals surface area contributed by atoms with Crippen molar-refractivity contribution in [2.75, 3.05) is 0 Å². The smallest absolute Gasteiger partial charge is 0.287 e. The Morgan fingerprint density at radius 3 is 2.38 bits per heavy atom. The molecule has 0 aliphatic rings. The third-order valence-corrected chi connectivity index (χ3v) is 5.67. The van der Waals surface area contributed by atoms with Gasteiger partial charge in [0.15, 0.2) is 0 Å². The maximum atomic E-state index is 12.8. The molecule has 0 fully saturated rings. The number of nitrogens with zero attached hydrogens (tertiary/aromatic N) is 2. The first kappa shape index (κ1) is 22.7. The number of amides is 2. The molecule has 0 aliphatic heterocycles. The normalized spacial score (nSPS) is 11.5. The van der Waals surface area contributed by atoms with Gasteiger partial charge in [-0.15, -0.1) is 11.3 Å². The molecule has 0 aliphatic carbocycles. The molecule has 0 atom stereocenters. The van der Waals surface area contributed by atoms with Crippen molar-refractivity contribution in [3.8, 4) is 5.69 Å². The second kappa shape index (κ2) is 10.4. The number of rotatable bonds is 7. The van der Waals surface area contributed by atoms with Crippen LogP contribution in [0, 0.1) is 6.92 Å². The van der Waals surface area contributed by atoms with Crippen LogP contribution in [0.3, 0.4) is 0 Å². The number of H-pyrrole nitrogens is 1. The molecule has 2 aromatic carbocycles. The fourth-order valence-electron chi connectivity index (χ4n) is 3.14. The maximum absolute atomic E-state index is 12.8. The summed E-state index contributed by atoms with van der Waals surface area (Å²) in [4.78, 5) is 39.0. The number of nitrogens with one attached hydrogen (secondary N) is 3. The van der Waals surface area contributed by atoms with Gasteiger partial charge in [-0.05, 0) is 48.7 Å². The average molecular weight is 472 g/mol. The summed E-state index contributed by atoms with van der Waals surface area (Å²) < 4.78 is 1.40. The second-order valence-electron chi connectivity index (χ2n) is 7.22. The zero-order valence-corrected chi connectivity index (χ0v) is 19.0. The number of para-hydroxylation sites is 1. The largest absolute Gasteiger partial charge is 0.317 e. The standard InChI is InChI=1S/C25H21N5O3S/c1-17-21(25(33)30(29-17)19-11-6-3-7-12-19)16-26-28-24(32)22(15-20-13-8-14-34-20)27-23(31)18-9-4-2-5-10-18/h2-16,29H,1H3,(H,27,31)(H,28,32)/b22-15+,26-16+. The summed E-state index contributed by atoms with van der Waals surface area (Å²) in [7, 11) is 0. The molecule has 3 N–H and O–H groups in total. The van der Waals surface area contributed by atoms with E-state index in [1.54, 1.807) is 55.5 Å². The first-order chi connectivity index (χ1) is 16.5. The number of hydrazone groups is 1. The maximum Gasteiger partial charge on any atom is 0.287 e. The van der Waals surface area contributed by atoms with Gasteiger partial charge in [0.25, 0.3) is 17.4 Å². The predicted octanol–water partition coefficient (Wildman–Crippen LogP) is 3.46. The summed E-state index contributed by atoms with van der Waals surface area (Å²) in [6, 6.07) is 21.4. The van der Waals surface area contributed by atoms with Crippen LogP contribution in [0.5, 0.6) is 0 Å². The lowest BCUT2D eigenvalue weighted by molar-refractivity contribution is -0.117. The second-order valence-corrected chi connectivity index (χ2v) is 8.20. The Bertz CT molecular complexity index is 1400. The minimum Gasteiger partial charge on any atom is -0.317 e. The molecular weight excluding hydrogens is 450 g/mol. The number of aryl methyl sites for hydroxylation is 1. The summed E-state index contributed by atoms with van der Waals surface area (Å²) >= 11 is 1.42. The fraction of sp³-hybridized carbons (Fsp3) is 0.0400. The summed E-state index contributed by atoms with van der Waals surface area (Å²) in [5, 5.41) is 11.5. The summed E-state index contributed by atoms with van der Waals surface area (Å²) in [6.45, 7) is 1.74. The minimum absolute atomic E-state index is 0.0286. The van der Waals surface area contributed by atoms with Gasteiger partial charge >= 0.3 is 0 Å². The lowest BCUT2D eigenvalue weighted by atomic mass is 10.2. The van der Waals surface area contributed by atoms with Crippen LogP contribution in [0.2, 0.25) is 0 Å². The third-order valence-electron chi connectivity index (χ3n) is 4.85. The lowest BCUT2D eigenvalue weighted by Crippen LogP contribution is -2.32. The Kier molecular flexibility index (Phi) is 6.95. The molecule has 4 aromatic rings. The Balaban J connectivity index is 1.53. The van der Waals surface area contributed by atoms with E-state index < -0.39 is 11.8 Å². The van der Waals surface area contributed by atoms with Crippen LogP contribution in [-0.2, 0) is 4.79 Å². The van der Waals surface area contributed by atoms with Gasteiger partial charge < -0.3 is 5.32 Å². The van der Waals surface area contributed by atoms with Crippen molar-refractivity contribution in [3.05, 3.63) is 116 Å². The zero-order chi connectivity index (χ0) is 23.9. The van der Waals surface area contributed by atoms with Crippen molar-refractivity contribution < 1.29 is 9.59 Å². The van der Waals surface area contributed by atoms with Crippen LogP contribution in [-0.4, -0.2) is 27.8 Å². The Morgan fingerprint density at radius 2 is 1.71 bits per heavy atom. The van der Waals surface area contributed by atoms with Gasteiger partial charge in [0.05, 0.1) is 17.5 Å². The third kappa shape index (κ3) is 5.28. The molecule has 0 unspecified atom stereocenters. The Hall–Kier alpha value is -4.50. The molecule has 0 radical (unpaired) electrons. The van der Waals surface area contributed by atoms with Crippen LogP contribution in [0.4, 0.5) is 0 Å². The van der Waals surface area contributed by atoms with Crippen molar-refractivity contribution in [1.29, 1.82) is 0 Å². The molecule has 0 bridgehead atoms. The number of aromatic amines is 1. The van der Waals surface area contributed by atoms with E-state index in [9.17, 15) is 14.4 Å². The number of hydrogen-bond acceptors (Lipinski definition) is 5. The van der Waals surface area contributed by atoms with Crippen molar-refractivity contribution in [3.63, 3.8) is 0 Å². The molecule has 170 valence electrons. The van der Waals surface area contributed by atoms with E-state index in [0.29, 0.717) is 22.5 Å². The number of carbonyl (C=O) groups excluding carboxylic acids is 2. The molecular formula is C25H21N5O3S. The number of thiophene rings is 1. The van der Waals surface area contributed by atoms with Crippen molar-refractivity contribution in [2.24, 2.45) is 5.10 Å². The van der Waals surface area contributed by atoms with Gasteiger partial charge in [0, 0.05) is 16.1 Å². The molecule has 0 spiro atoms. The molecule has 0 saturated carbocycles.